The molecule has 0 spiro atoms. The summed E-state index contributed by atoms with van der Waals surface area (Å²) in [6.45, 7) is 0.969. The molecule has 1 N–H and O–H groups in total. The molecule has 0 fully saturated rings. The average Bonchev–Trinajstić information content (AvgIpc) is 2.27. The van der Waals surface area contributed by atoms with Crippen molar-refractivity contribution < 1.29 is 22.6 Å². The lowest BCUT2D eigenvalue weighted by Gasteiger charge is -2.12. The molecule has 0 aliphatic carbocycles. The van der Waals surface area contributed by atoms with Gasteiger partial charge in [0.05, 0.1) is 19.4 Å². The molecule has 0 atom stereocenters. The van der Waals surface area contributed by atoms with Crippen LogP contribution < -0.4 is 10.1 Å². The fourth-order valence-corrected chi connectivity index (χ4v) is 1.41. The molecule has 0 unspecified atom stereocenters. The van der Waals surface area contributed by atoms with Gasteiger partial charge in [0.25, 0.3) is 0 Å². The maximum atomic E-state index is 11.8. The fraction of sp³-hybridized carbons (Fsp3) is 0.500. The molecule has 0 saturated heterocycles. The van der Waals surface area contributed by atoms with Crippen LogP contribution >= 0.6 is 0 Å². The first-order valence-electron chi connectivity index (χ1n) is 5.45. The number of hydrogen-bond acceptors (Lipinski definition) is 3. The average molecular weight is 263 g/mol. The maximum absolute atomic E-state index is 11.8. The predicted octanol–water partition coefficient (Wildman–Crippen LogP) is 2.99. The van der Waals surface area contributed by atoms with Crippen LogP contribution in [0.4, 0.5) is 18.9 Å². The molecule has 6 heteroatoms. The van der Waals surface area contributed by atoms with Crippen LogP contribution in [0.25, 0.3) is 0 Å². The van der Waals surface area contributed by atoms with Crippen molar-refractivity contribution in [2.45, 2.75) is 13.1 Å². The normalized spacial score (nSPS) is 11.4. The van der Waals surface area contributed by atoms with E-state index in [2.05, 4.69) is 10.1 Å². The summed E-state index contributed by atoms with van der Waals surface area (Å²) in [5.41, 5.74) is 1.78. The third kappa shape index (κ3) is 5.27. The Bertz CT molecular complexity index is 380. The van der Waals surface area contributed by atoms with Gasteiger partial charge >= 0.3 is 6.18 Å². The van der Waals surface area contributed by atoms with Crippen molar-refractivity contribution in [1.29, 1.82) is 0 Å². The minimum Gasteiger partial charge on any atom is -0.495 e. The molecule has 0 radical (unpaired) electrons. The van der Waals surface area contributed by atoms with E-state index in [0.717, 1.165) is 11.3 Å². The Hall–Kier alpha value is -1.43. The highest BCUT2D eigenvalue weighted by atomic mass is 19.4. The lowest BCUT2D eigenvalue weighted by molar-refractivity contribution is -0.172. The van der Waals surface area contributed by atoms with Gasteiger partial charge in [-0.2, -0.15) is 13.2 Å². The summed E-state index contributed by atoms with van der Waals surface area (Å²) < 4.78 is 45.1. The first-order chi connectivity index (χ1) is 8.42. The Labute approximate surface area is 104 Å². The Morgan fingerprint density at radius 3 is 2.61 bits per heavy atom. The number of hydrogen-bond donors (Lipinski definition) is 1. The summed E-state index contributed by atoms with van der Waals surface area (Å²) in [5.74, 6) is 0.649. The Balaban J connectivity index is 2.37. The molecule has 1 aromatic carbocycles. The van der Waals surface area contributed by atoms with Gasteiger partial charge in [0.2, 0.25) is 0 Å². The van der Waals surface area contributed by atoms with E-state index < -0.39 is 12.8 Å². The second-order valence-corrected chi connectivity index (χ2v) is 3.80. The summed E-state index contributed by atoms with van der Waals surface area (Å²) in [6, 6.07) is 5.56. The standard InChI is InChI=1S/C12H16F3NO2/c1-9-3-4-11(17-2)10(7-9)16-5-6-18-8-12(13,14)15/h3-4,7,16H,5-6,8H2,1-2H3. The second kappa shape index (κ2) is 6.49. The van der Waals surface area contributed by atoms with E-state index in [1.807, 2.05) is 19.1 Å². The molecule has 0 heterocycles. The van der Waals surface area contributed by atoms with E-state index in [9.17, 15) is 13.2 Å². The van der Waals surface area contributed by atoms with Crippen LogP contribution in [0.3, 0.4) is 0 Å². The number of methoxy groups -OCH3 is 1. The van der Waals surface area contributed by atoms with Crippen molar-refractivity contribution in [1.82, 2.24) is 0 Å². The predicted molar refractivity (Wildman–Crippen MR) is 63.1 cm³/mol. The molecule has 0 bridgehead atoms. The molecule has 1 rings (SSSR count). The monoisotopic (exact) mass is 263 g/mol. The van der Waals surface area contributed by atoms with Gasteiger partial charge in [-0.1, -0.05) is 6.07 Å². The van der Waals surface area contributed by atoms with Crippen LogP contribution in [-0.2, 0) is 4.74 Å². The van der Waals surface area contributed by atoms with Crippen molar-refractivity contribution >= 4 is 5.69 Å². The van der Waals surface area contributed by atoms with Crippen LogP contribution in [-0.4, -0.2) is 33.0 Å². The molecule has 1 aromatic rings. The van der Waals surface area contributed by atoms with Gasteiger partial charge in [-0.15, -0.1) is 0 Å². The van der Waals surface area contributed by atoms with Gasteiger partial charge in [-0.25, -0.2) is 0 Å². The lowest BCUT2D eigenvalue weighted by atomic mass is 10.2. The number of halogens is 3. The Morgan fingerprint density at radius 1 is 1.28 bits per heavy atom. The molecule has 0 aliphatic rings. The third-order valence-corrected chi connectivity index (χ3v) is 2.18. The van der Waals surface area contributed by atoms with Crippen LogP contribution in [0.1, 0.15) is 5.56 Å². The van der Waals surface area contributed by atoms with Crippen molar-refractivity contribution in [3.8, 4) is 5.75 Å². The highest BCUT2D eigenvalue weighted by Crippen LogP contribution is 2.24. The van der Waals surface area contributed by atoms with E-state index in [0.29, 0.717) is 5.75 Å². The summed E-state index contributed by atoms with van der Waals surface area (Å²) in [6.07, 6.45) is -4.28. The number of rotatable bonds is 6. The summed E-state index contributed by atoms with van der Waals surface area (Å²) in [7, 11) is 1.54. The number of nitrogens with one attached hydrogen (secondary N) is 1. The van der Waals surface area contributed by atoms with E-state index >= 15 is 0 Å². The van der Waals surface area contributed by atoms with Crippen LogP contribution in [0.5, 0.6) is 5.75 Å². The number of anilines is 1. The Morgan fingerprint density at radius 2 is 2.00 bits per heavy atom. The Kier molecular flexibility index (Phi) is 5.27. The van der Waals surface area contributed by atoms with Gasteiger partial charge in [0.1, 0.15) is 12.4 Å². The van der Waals surface area contributed by atoms with E-state index in [-0.39, 0.29) is 13.2 Å². The van der Waals surface area contributed by atoms with Gasteiger partial charge in [-0.3, -0.25) is 0 Å². The van der Waals surface area contributed by atoms with Crippen molar-refractivity contribution in [2.75, 3.05) is 32.2 Å². The van der Waals surface area contributed by atoms with E-state index in [1.54, 1.807) is 6.07 Å². The summed E-state index contributed by atoms with van der Waals surface area (Å²) >= 11 is 0. The topological polar surface area (TPSA) is 30.5 Å². The van der Waals surface area contributed by atoms with E-state index in [1.165, 1.54) is 7.11 Å². The van der Waals surface area contributed by atoms with Crippen molar-refractivity contribution in [3.63, 3.8) is 0 Å². The highest BCUT2D eigenvalue weighted by molar-refractivity contribution is 5.57. The number of aryl methyl sites for hydroxylation is 1. The van der Waals surface area contributed by atoms with Gasteiger partial charge < -0.3 is 14.8 Å². The summed E-state index contributed by atoms with van der Waals surface area (Å²) in [4.78, 5) is 0. The van der Waals surface area contributed by atoms with Crippen LogP contribution in [0, 0.1) is 6.92 Å². The van der Waals surface area contributed by atoms with Crippen molar-refractivity contribution in [2.24, 2.45) is 0 Å². The highest BCUT2D eigenvalue weighted by Gasteiger charge is 2.27. The largest absolute Gasteiger partial charge is 0.495 e. The molecule has 0 amide bonds. The number of alkyl halides is 3. The number of benzene rings is 1. The first kappa shape index (κ1) is 14.6. The maximum Gasteiger partial charge on any atom is 0.411 e. The molecule has 3 nitrogen and oxygen atoms in total. The quantitative estimate of drug-likeness (QED) is 0.800. The zero-order valence-electron chi connectivity index (χ0n) is 10.3. The molecule has 0 aromatic heterocycles. The fourth-order valence-electron chi connectivity index (χ4n) is 1.41. The first-order valence-corrected chi connectivity index (χ1v) is 5.45. The zero-order valence-corrected chi connectivity index (χ0v) is 10.3. The van der Waals surface area contributed by atoms with Gasteiger partial charge in [-0.05, 0) is 24.6 Å². The SMILES string of the molecule is COc1ccc(C)cc1NCCOCC(F)(F)F. The zero-order chi connectivity index (χ0) is 13.6. The molecular weight excluding hydrogens is 247 g/mol. The second-order valence-electron chi connectivity index (χ2n) is 3.80. The molecule has 18 heavy (non-hydrogen) atoms. The molecular formula is C12H16F3NO2. The lowest BCUT2D eigenvalue weighted by Crippen LogP contribution is -2.20. The van der Waals surface area contributed by atoms with Gasteiger partial charge in [0.15, 0.2) is 0 Å². The van der Waals surface area contributed by atoms with Crippen LogP contribution in [0.2, 0.25) is 0 Å². The smallest absolute Gasteiger partial charge is 0.411 e. The minimum absolute atomic E-state index is 0.0173. The van der Waals surface area contributed by atoms with Crippen LogP contribution in [0.15, 0.2) is 18.2 Å². The van der Waals surface area contributed by atoms with Gasteiger partial charge in [0, 0.05) is 6.54 Å². The third-order valence-electron chi connectivity index (χ3n) is 2.18. The minimum atomic E-state index is -4.28. The summed E-state index contributed by atoms with van der Waals surface area (Å²) in [5, 5.41) is 2.97. The molecule has 0 saturated carbocycles. The number of ether oxygens (including phenoxy) is 2. The molecule has 102 valence electrons. The molecule has 0 aliphatic heterocycles. The van der Waals surface area contributed by atoms with Crippen molar-refractivity contribution in [3.05, 3.63) is 23.8 Å². The van der Waals surface area contributed by atoms with E-state index in [4.69, 9.17) is 4.74 Å².